The van der Waals surface area contributed by atoms with Gasteiger partial charge in [-0.1, -0.05) is 413 Å². The van der Waals surface area contributed by atoms with Crippen LogP contribution in [0, 0.1) is 0 Å². The Labute approximate surface area is 748 Å². The highest BCUT2D eigenvalue weighted by molar-refractivity contribution is 7.26. The molecule has 0 N–H and O–H groups in total. The molecular weight excluding hydrogens is 1570 g/mol. The van der Waals surface area contributed by atoms with Gasteiger partial charge >= 0.3 is 0 Å². The number of furan rings is 1. The molecule has 1 atom stereocenters. The molecule has 0 saturated heterocycles. The summed E-state index contributed by atoms with van der Waals surface area (Å²) in [5, 5.41) is 4.58. The molecule has 4 aliphatic carbocycles. The van der Waals surface area contributed by atoms with Crippen LogP contribution in [0.3, 0.4) is 0 Å². The number of nitrogens with zero attached hydrogens (tertiary/aromatic N) is 2. The van der Waals surface area contributed by atoms with Gasteiger partial charge in [0.25, 0.3) is 0 Å². The van der Waals surface area contributed by atoms with Crippen molar-refractivity contribution in [2.75, 3.05) is 9.80 Å². The lowest BCUT2D eigenvalue weighted by Crippen LogP contribution is -2.29. The summed E-state index contributed by atoms with van der Waals surface area (Å²) in [5.74, 6) is 0. The molecule has 1 unspecified atom stereocenters. The Morgan fingerprint density at radius 1 is 0.195 bits per heavy atom. The van der Waals surface area contributed by atoms with Gasteiger partial charge in [0, 0.05) is 49.0 Å². The molecule has 0 bridgehead atoms. The van der Waals surface area contributed by atoms with Crippen molar-refractivity contribution in [3.8, 4) is 55.6 Å². The summed E-state index contributed by atoms with van der Waals surface area (Å²) in [7, 11) is 0. The minimum Gasteiger partial charge on any atom is -0.454 e. The molecule has 3 nitrogen and oxygen atoms in total. The fourth-order valence-electron chi connectivity index (χ4n) is 23.5. The smallest absolute Gasteiger partial charge is 0.159 e. The van der Waals surface area contributed by atoms with Crippen molar-refractivity contribution in [3.05, 3.63) is 574 Å². The molecule has 0 fully saturated rings. The van der Waals surface area contributed by atoms with Crippen LogP contribution in [-0.2, 0) is 21.7 Å². The molecule has 0 spiro atoms. The standard InChI is InChI=1S/C124H80N2OS/c1-8-35-82(36-9-1)121(83-37-10-2-11-38-83)106-57-27-22-49-95(106)99-73-69-90(77-110(99)121)125(114-61-32-55-104-103-53-26-31-63-116(103)127-119(104)114)91-70-74-102-98-52-25-30-60-109(98)124(113(102)78-91,88-47-20-7-21-48-88)89-67-65-81(66-68-89)94-54-34-64-117-118(94)105-56-33-62-115(120(105)128-117)126(92-71-75-100-96-50-23-28-58-107(96)122(111(100)79-92,84-39-12-3-13-40-84)85-41-14-4-15-42-85)93-72-76-101-97-51-24-29-59-108(97)123(112(101)80-93,86-43-16-5-17-44-86)87-45-18-6-19-46-87/h1-80H. The highest BCUT2D eigenvalue weighted by Gasteiger charge is 2.52. The molecule has 0 radical (unpaired) electrons. The molecule has 2 aromatic heterocycles. The minimum absolute atomic E-state index is 0.639. The minimum atomic E-state index is -0.780. The average Bonchev–Trinajstić information content (AvgIpc) is 1.54. The van der Waals surface area contributed by atoms with Crippen molar-refractivity contribution >= 4 is 87.6 Å². The zero-order valence-electron chi connectivity index (χ0n) is 69.9. The van der Waals surface area contributed by atoms with E-state index >= 15 is 0 Å². The third-order valence-electron chi connectivity index (χ3n) is 28.6. The molecule has 4 heteroatoms. The summed E-state index contributed by atoms with van der Waals surface area (Å²) in [5.41, 5.74) is 37.1. The van der Waals surface area contributed by atoms with Crippen LogP contribution in [0.5, 0.6) is 0 Å². The molecule has 26 rings (SSSR count). The van der Waals surface area contributed by atoms with E-state index < -0.39 is 21.7 Å². The van der Waals surface area contributed by atoms with Crippen molar-refractivity contribution in [1.29, 1.82) is 0 Å². The maximum Gasteiger partial charge on any atom is 0.159 e. The van der Waals surface area contributed by atoms with Gasteiger partial charge in [-0.3, -0.25) is 0 Å². The fourth-order valence-corrected chi connectivity index (χ4v) is 24.7. The molecule has 0 aliphatic heterocycles. The van der Waals surface area contributed by atoms with E-state index in [1.807, 2.05) is 11.3 Å². The Kier molecular flexibility index (Phi) is 16.5. The lowest BCUT2D eigenvalue weighted by molar-refractivity contribution is 0.669. The number of thiophene rings is 1. The van der Waals surface area contributed by atoms with Gasteiger partial charge in [0.1, 0.15) is 5.58 Å². The highest BCUT2D eigenvalue weighted by atomic mass is 32.1. The fraction of sp³-hybridized carbons (Fsp3) is 0.0323. The largest absolute Gasteiger partial charge is 0.454 e. The lowest BCUT2D eigenvalue weighted by atomic mass is 9.67. The first-order valence-electron chi connectivity index (χ1n) is 44.4. The number of fused-ring (bicyclic) bond motifs is 18. The van der Waals surface area contributed by atoms with Gasteiger partial charge in [0.2, 0.25) is 0 Å². The van der Waals surface area contributed by atoms with E-state index in [1.54, 1.807) is 0 Å². The van der Waals surface area contributed by atoms with E-state index in [0.717, 1.165) is 61.6 Å². The average molecular weight is 1650 g/mol. The predicted octanol–water partition coefficient (Wildman–Crippen LogP) is 32.0. The van der Waals surface area contributed by atoms with Gasteiger partial charge in [-0.2, -0.15) is 0 Å². The van der Waals surface area contributed by atoms with Crippen LogP contribution in [0.2, 0.25) is 0 Å². The molecule has 0 saturated carbocycles. The van der Waals surface area contributed by atoms with Crippen molar-refractivity contribution in [1.82, 2.24) is 0 Å². The van der Waals surface area contributed by atoms with Gasteiger partial charge in [-0.15, -0.1) is 11.3 Å². The summed E-state index contributed by atoms with van der Waals surface area (Å²) in [6, 6.07) is 183. The molecule has 22 aromatic rings. The van der Waals surface area contributed by atoms with E-state index in [4.69, 9.17) is 4.42 Å². The third kappa shape index (κ3) is 10.4. The second-order valence-electron chi connectivity index (χ2n) is 34.6. The summed E-state index contributed by atoms with van der Waals surface area (Å²) in [6.07, 6.45) is 0. The van der Waals surface area contributed by atoms with Crippen LogP contribution < -0.4 is 9.80 Å². The summed E-state index contributed by atoms with van der Waals surface area (Å²) in [4.78, 5) is 5.07. The molecular formula is C124H80N2OS. The first-order valence-corrected chi connectivity index (χ1v) is 45.2. The van der Waals surface area contributed by atoms with Gasteiger partial charge in [0.05, 0.1) is 37.7 Å². The maximum absolute atomic E-state index is 7.16. The van der Waals surface area contributed by atoms with Gasteiger partial charge in [0.15, 0.2) is 5.58 Å². The second kappa shape index (κ2) is 28.8. The van der Waals surface area contributed by atoms with Crippen molar-refractivity contribution in [2.24, 2.45) is 0 Å². The normalized spacial score (nSPS) is 14.8. The second-order valence-corrected chi connectivity index (χ2v) is 35.7. The van der Waals surface area contributed by atoms with Crippen LogP contribution in [0.25, 0.3) is 97.7 Å². The molecule has 20 aromatic carbocycles. The Morgan fingerprint density at radius 3 is 0.852 bits per heavy atom. The maximum atomic E-state index is 7.16. The lowest BCUT2D eigenvalue weighted by Gasteiger charge is -2.36. The SMILES string of the molecule is c1ccc(C2(c3ccccc3)c3ccccc3-c3ccc(N(c4ccc5c(c4)C(c4ccccc4)(c4ccc(-c6cccc7sc8c(N(c9ccc%10c(c9)C(c9ccccc9)(c9ccccc9)c9ccccc9-%10)c9ccc%10c(c9)C(c9ccccc9)(c9ccccc9)c9ccccc9-%10)cccc8c67)cc4)c4ccccc4-5)c4cccc5c4oc4ccccc45)cc32)cc1. The van der Waals surface area contributed by atoms with Gasteiger partial charge in [-0.05, 0) is 217 Å². The van der Waals surface area contributed by atoms with Gasteiger partial charge < -0.3 is 14.2 Å². The van der Waals surface area contributed by atoms with Crippen molar-refractivity contribution < 1.29 is 4.42 Å². The van der Waals surface area contributed by atoms with Crippen LogP contribution in [0.1, 0.15) is 89.0 Å². The van der Waals surface area contributed by atoms with Crippen LogP contribution in [0.4, 0.5) is 34.1 Å². The van der Waals surface area contributed by atoms with E-state index in [-0.39, 0.29) is 0 Å². The molecule has 4 aliphatic rings. The monoisotopic (exact) mass is 1640 g/mol. The topological polar surface area (TPSA) is 19.6 Å². The number of para-hydroxylation sites is 2. The Balaban J connectivity index is 0.662. The molecule has 2 heterocycles. The zero-order chi connectivity index (χ0) is 84.2. The predicted molar refractivity (Wildman–Crippen MR) is 531 cm³/mol. The number of benzene rings is 20. The third-order valence-corrected chi connectivity index (χ3v) is 29.8. The Bertz CT molecular complexity index is 7880. The Morgan fingerprint density at radius 2 is 0.477 bits per heavy atom. The first-order chi connectivity index (χ1) is 63.5. The van der Waals surface area contributed by atoms with E-state index in [9.17, 15) is 0 Å². The van der Waals surface area contributed by atoms with E-state index in [0.29, 0.717) is 0 Å². The highest BCUT2D eigenvalue weighted by Crippen LogP contribution is 2.64. The quantitative estimate of drug-likeness (QED) is 0.102. The number of hydrogen-bond acceptors (Lipinski definition) is 4. The van der Waals surface area contributed by atoms with Crippen LogP contribution >= 0.6 is 11.3 Å². The van der Waals surface area contributed by atoms with E-state index in [1.165, 1.54) is 159 Å². The van der Waals surface area contributed by atoms with Gasteiger partial charge in [-0.25, -0.2) is 0 Å². The van der Waals surface area contributed by atoms with Crippen LogP contribution in [-0.4, -0.2) is 0 Å². The summed E-state index contributed by atoms with van der Waals surface area (Å²) in [6.45, 7) is 0. The molecule has 128 heavy (non-hydrogen) atoms. The van der Waals surface area contributed by atoms with Crippen molar-refractivity contribution in [2.45, 2.75) is 21.7 Å². The first kappa shape index (κ1) is 73.5. The van der Waals surface area contributed by atoms with Crippen LogP contribution in [0.15, 0.2) is 490 Å². The van der Waals surface area contributed by atoms with E-state index in [2.05, 4.69) is 495 Å². The van der Waals surface area contributed by atoms with Crippen molar-refractivity contribution in [3.63, 3.8) is 0 Å². The zero-order valence-corrected chi connectivity index (χ0v) is 70.7. The number of rotatable bonds is 15. The number of hydrogen-bond donors (Lipinski definition) is 0. The Hall–Kier alpha value is -16.0. The molecule has 0 amide bonds. The summed E-state index contributed by atoms with van der Waals surface area (Å²) >= 11 is 1.89. The molecule has 598 valence electrons. The summed E-state index contributed by atoms with van der Waals surface area (Å²) < 4.78 is 9.59. The number of anilines is 6.